The number of nitro benzene ring substituents is 1. The molecule has 12 heteroatoms. The molecule has 0 spiro atoms. The summed E-state index contributed by atoms with van der Waals surface area (Å²) >= 11 is 3.28. The topological polar surface area (TPSA) is 125 Å². The summed E-state index contributed by atoms with van der Waals surface area (Å²) in [6, 6.07) is 4.45. The van der Waals surface area contributed by atoms with E-state index in [9.17, 15) is 24.5 Å². The van der Waals surface area contributed by atoms with E-state index in [1.54, 1.807) is 11.0 Å². The lowest BCUT2D eigenvalue weighted by Crippen LogP contribution is -2.39. The van der Waals surface area contributed by atoms with E-state index in [2.05, 4.69) is 20.9 Å². The van der Waals surface area contributed by atoms with Crippen LogP contribution in [0.3, 0.4) is 0 Å². The number of aromatic nitrogens is 4. The van der Waals surface area contributed by atoms with Gasteiger partial charge >= 0.3 is 5.69 Å². The van der Waals surface area contributed by atoms with Gasteiger partial charge in [-0.1, -0.05) is 0 Å². The maximum atomic E-state index is 13.1. The second-order valence-corrected chi connectivity index (χ2v) is 7.77. The summed E-state index contributed by atoms with van der Waals surface area (Å²) in [5, 5.41) is 11.0. The van der Waals surface area contributed by atoms with Crippen LogP contribution in [0.2, 0.25) is 0 Å². The highest BCUT2D eigenvalue weighted by molar-refractivity contribution is 9.10. The lowest BCUT2D eigenvalue weighted by atomic mass is 10.0. The van der Waals surface area contributed by atoms with Crippen LogP contribution in [0.15, 0.2) is 32.5 Å². The van der Waals surface area contributed by atoms with Crippen molar-refractivity contribution in [1.29, 1.82) is 0 Å². The maximum absolute atomic E-state index is 13.1. The fourth-order valence-corrected chi connectivity index (χ4v) is 4.25. The summed E-state index contributed by atoms with van der Waals surface area (Å²) in [6.07, 6.45) is 1.31. The van der Waals surface area contributed by atoms with Crippen LogP contribution in [-0.4, -0.2) is 36.1 Å². The summed E-state index contributed by atoms with van der Waals surface area (Å²) in [4.78, 5) is 54.2. The van der Waals surface area contributed by atoms with Crippen LogP contribution in [0.25, 0.3) is 11.2 Å². The van der Waals surface area contributed by atoms with Gasteiger partial charge in [-0.2, -0.15) is 0 Å². The van der Waals surface area contributed by atoms with Crippen molar-refractivity contribution >= 4 is 44.4 Å². The highest BCUT2D eigenvalue weighted by Gasteiger charge is 2.26. The number of benzene rings is 1. The molecule has 1 aliphatic heterocycles. The monoisotopic (exact) mass is 476 g/mol. The zero-order valence-electron chi connectivity index (χ0n) is 16.2. The molecular formula is C18H17BrN6O5. The average molecular weight is 477 g/mol. The Labute approximate surface area is 177 Å². The number of fused-ring (bicyclic) bond motifs is 2. The molecule has 30 heavy (non-hydrogen) atoms. The summed E-state index contributed by atoms with van der Waals surface area (Å²) < 4.78 is 3.96. The molecule has 0 fully saturated rings. The first-order valence-corrected chi connectivity index (χ1v) is 9.89. The first-order chi connectivity index (χ1) is 14.2. The average Bonchev–Trinajstić information content (AvgIpc) is 3.05. The number of carbonyl (C=O) groups is 1. The Balaban J connectivity index is 1.75. The van der Waals surface area contributed by atoms with Crippen molar-refractivity contribution in [2.75, 3.05) is 11.4 Å². The molecule has 0 unspecified atom stereocenters. The highest BCUT2D eigenvalue weighted by Crippen LogP contribution is 2.31. The van der Waals surface area contributed by atoms with Gasteiger partial charge in [0.05, 0.1) is 4.92 Å². The van der Waals surface area contributed by atoms with E-state index in [1.165, 1.54) is 35.4 Å². The van der Waals surface area contributed by atoms with Crippen LogP contribution in [-0.2, 0) is 31.9 Å². The van der Waals surface area contributed by atoms with Gasteiger partial charge in [-0.15, -0.1) is 0 Å². The zero-order valence-corrected chi connectivity index (χ0v) is 17.7. The standard InChI is InChI=1S/C18H17BrN6O5/c1-21-15-14(16(27)22(2)18(21)28)20-17(19)24(15)9-13(26)23-7-3-4-10-8-11(25(29)30)5-6-12(10)23/h5-6,8H,3-4,7,9H2,1-2H3. The number of non-ortho nitro benzene ring substituents is 1. The summed E-state index contributed by atoms with van der Waals surface area (Å²) in [5.74, 6) is -0.280. The number of halogens is 1. The fraction of sp³-hybridized carbons (Fsp3) is 0.333. The molecule has 1 aromatic carbocycles. The molecular weight excluding hydrogens is 460 g/mol. The third-order valence-electron chi connectivity index (χ3n) is 5.28. The first-order valence-electron chi connectivity index (χ1n) is 9.10. The van der Waals surface area contributed by atoms with E-state index >= 15 is 0 Å². The molecule has 156 valence electrons. The van der Waals surface area contributed by atoms with Crippen LogP contribution < -0.4 is 16.1 Å². The smallest absolute Gasteiger partial charge is 0.311 e. The number of hydrogen-bond acceptors (Lipinski definition) is 6. The van der Waals surface area contributed by atoms with E-state index < -0.39 is 16.2 Å². The number of amides is 1. The van der Waals surface area contributed by atoms with Crippen molar-refractivity contribution in [3.8, 4) is 0 Å². The number of aryl methyl sites for hydroxylation is 2. The predicted molar refractivity (Wildman–Crippen MR) is 112 cm³/mol. The van der Waals surface area contributed by atoms with Gasteiger partial charge in [0.1, 0.15) is 6.54 Å². The van der Waals surface area contributed by atoms with Crippen LogP contribution >= 0.6 is 15.9 Å². The van der Waals surface area contributed by atoms with Crippen molar-refractivity contribution in [2.45, 2.75) is 19.4 Å². The number of hydrogen-bond donors (Lipinski definition) is 0. The molecule has 1 amide bonds. The highest BCUT2D eigenvalue weighted by atomic mass is 79.9. The Morgan fingerprint density at radius 2 is 2.00 bits per heavy atom. The minimum Gasteiger partial charge on any atom is -0.311 e. The van der Waals surface area contributed by atoms with Crippen molar-refractivity contribution < 1.29 is 9.72 Å². The van der Waals surface area contributed by atoms with Gasteiger partial charge in [0.2, 0.25) is 5.91 Å². The first kappa shape index (κ1) is 20.0. The Bertz CT molecular complexity index is 1340. The Kier molecular flexibility index (Phi) is 4.80. The zero-order chi connectivity index (χ0) is 21.7. The summed E-state index contributed by atoms with van der Waals surface area (Å²) in [5.41, 5.74) is 0.595. The molecule has 4 rings (SSSR count). The van der Waals surface area contributed by atoms with E-state index in [0.29, 0.717) is 25.1 Å². The van der Waals surface area contributed by atoms with Crippen LogP contribution in [0.1, 0.15) is 12.0 Å². The second kappa shape index (κ2) is 7.20. The second-order valence-electron chi connectivity index (χ2n) is 7.06. The van der Waals surface area contributed by atoms with Crippen LogP contribution in [0.4, 0.5) is 11.4 Å². The van der Waals surface area contributed by atoms with Gasteiger partial charge in [-0.05, 0) is 40.4 Å². The largest absolute Gasteiger partial charge is 0.332 e. The normalized spacial score (nSPS) is 13.5. The molecule has 1 aliphatic rings. The third-order valence-corrected chi connectivity index (χ3v) is 5.89. The van der Waals surface area contributed by atoms with Gasteiger partial charge in [0.25, 0.3) is 11.2 Å². The molecule has 3 aromatic rings. The quantitative estimate of drug-likeness (QED) is 0.316. The van der Waals surface area contributed by atoms with Crippen LogP contribution in [0, 0.1) is 10.1 Å². The number of anilines is 1. The summed E-state index contributed by atoms with van der Waals surface area (Å²) in [6.45, 7) is 0.308. The Morgan fingerprint density at radius 1 is 1.27 bits per heavy atom. The molecule has 0 bridgehead atoms. The molecule has 0 radical (unpaired) electrons. The fourth-order valence-electron chi connectivity index (χ4n) is 3.78. The van der Waals surface area contributed by atoms with Crippen molar-refractivity contribution in [2.24, 2.45) is 14.1 Å². The van der Waals surface area contributed by atoms with Gasteiger partial charge in [-0.25, -0.2) is 9.78 Å². The Morgan fingerprint density at radius 3 is 2.70 bits per heavy atom. The van der Waals surface area contributed by atoms with Crippen molar-refractivity contribution in [3.63, 3.8) is 0 Å². The van der Waals surface area contributed by atoms with Crippen molar-refractivity contribution in [1.82, 2.24) is 18.7 Å². The summed E-state index contributed by atoms with van der Waals surface area (Å²) in [7, 11) is 2.88. The van der Waals surface area contributed by atoms with E-state index in [1.807, 2.05) is 0 Å². The minimum absolute atomic E-state index is 0.0164. The SMILES string of the molecule is Cn1c(=O)c2nc(Br)n(CC(=O)N3CCCc4cc([N+](=O)[O-])ccc43)c2n(C)c1=O. The molecule has 3 heterocycles. The lowest BCUT2D eigenvalue weighted by molar-refractivity contribution is -0.384. The number of imidazole rings is 1. The molecule has 11 nitrogen and oxygen atoms in total. The van der Waals surface area contributed by atoms with Gasteiger partial charge in [0, 0.05) is 38.5 Å². The van der Waals surface area contributed by atoms with Crippen LogP contribution in [0.5, 0.6) is 0 Å². The molecule has 0 N–H and O–H groups in total. The molecule has 0 aliphatic carbocycles. The maximum Gasteiger partial charge on any atom is 0.332 e. The van der Waals surface area contributed by atoms with Gasteiger partial charge in [-0.3, -0.25) is 33.4 Å². The molecule has 0 saturated heterocycles. The molecule has 0 atom stereocenters. The van der Waals surface area contributed by atoms with E-state index in [-0.39, 0.29) is 34.0 Å². The number of carbonyl (C=O) groups excluding carboxylic acids is 1. The number of nitro groups is 1. The van der Waals surface area contributed by atoms with E-state index in [0.717, 1.165) is 10.1 Å². The third kappa shape index (κ3) is 3.03. The van der Waals surface area contributed by atoms with Crippen molar-refractivity contribution in [3.05, 3.63) is 59.4 Å². The number of nitrogens with zero attached hydrogens (tertiary/aromatic N) is 6. The van der Waals surface area contributed by atoms with E-state index in [4.69, 9.17) is 0 Å². The lowest BCUT2D eigenvalue weighted by Gasteiger charge is -2.29. The minimum atomic E-state index is -0.546. The predicted octanol–water partition coefficient (Wildman–Crippen LogP) is 1.08. The van der Waals surface area contributed by atoms with Gasteiger partial charge in [0.15, 0.2) is 15.9 Å². The molecule has 0 saturated carbocycles. The number of rotatable bonds is 3. The Hall–Kier alpha value is -3.28. The molecule has 2 aromatic heterocycles. The van der Waals surface area contributed by atoms with Gasteiger partial charge < -0.3 is 4.90 Å².